The van der Waals surface area contributed by atoms with Crippen LogP contribution in [-0.2, 0) is 15.9 Å². The highest BCUT2D eigenvalue weighted by Crippen LogP contribution is 2.28. The number of benzene rings is 2. The third-order valence-electron chi connectivity index (χ3n) is 6.29. The first-order valence-electron chi connectivity index (χ1n) is 11.9. The lowest BCUT2D eigenvalue weighted by Crippen LogP contribution is -2.36. The number of halogens is 1. The first kappa shape index (κ1) is 23.2. The summed E-state index contributed by atoms with van der Waals surface area (Å²) in [6, 6.07) is 14.8. The molecule has 3 heterocycles. The van der Waals surface area contributed by atoms with Crippen LogP contribution in [0.3, 0.4) is 0 Å². The first-order valence-corrected chi connectivity index (χ1v) is 11.9. The molecule has 180 valence electrons. The van der Waals surface area contributed by atoms with Crippen molar-refractivity contribution >= 4 is 5.69 Å². The van der Waals surface area contributed by atoms with E-state index in [9.17, 15) is 9.65 Å². The third-order valence-corrected chi connectivity index (χ3v) is 6.29. The van der Waals surface area contributed by atoms with Gasteiger partial charge in [-0.3, -0.25) is 0 Å². The molecule has 2 aliphatic rings. The van der Waals surface area contributed by atoms with Crippen LogP contribution < -0.4 is 9.64 Å². The Morgan fingerprint density at radius 1 is 1.03 bits per heavy atom. The van der Waals surface area contributed by atoms with Crippen molar-refractivity contribution in [2.24, 2.45) is 0 Å². The van der Waals surface area contributed by atoms with Crippen LogP contribution in [-0.4, -0.2) is 55.6 Å². The van der Waals surface area contributed by atoms with E-state index in [-0.39, 0.29) is 11.9 Å². The van der Waals surface area contributed by atoms with Crippen molar-refractivity contribution < 1.29 is 18.6 Å². The summed E-state index contributed by atoms with van der Waals surface area (Å²) in [5, 5.41) is 9.68. The van der Waals surface area contributed by atoms with Gasteiger partial charge < -0.3 is 19.1 Å². The molecule has 0 unspecified atom stereocenters. The molecule has 2 aromatic carbocycles. The average molecular weight is 475 g/mol. The molecular weight excluding hydrogens is 447 g/mol. The molecule has 0 bridgehead atoms. The summed E-state index contributed by atoms with van der Waals surface area (Å²) >= 11 is 0. The Bertz CT molecular complexity index is 1220. The number of morpholine rings is 1. The summed E-state index contributed by atoms with van der Waals surface area (Å²) in [6.45, 7) is 3.94. The van der Waals surface area contributed by atoms with E-state index in [0.717, 1.165) is 24.0 Å². The van der Waals surface area contributed by atoms with E-state index in [0.29, 0.717) is 74.5 Å². The van der Waals surface area contributed by atoms with Gasteiger partial charge in [-0.2, -0.15) is 5.26 Å². The van der Waals surface area contributed by atoms with E-state index in [1.807, 2.05) is 29.2 Å². The Hall–Kier alpha value is -3.54. The summed E-state index contributed by atoms with van der Waals surface area (Å²) in [4.78, 5) is 11.1. The van der Waals surface area contributed by atoms with Gasteiger partial charge in [0.1, 0.15) is 29.6 Å². The second-order valence-electron chi connectivity index (χ2n) is 8.67. The highest BCUT2D eigenvalue weighted by Gasteiger charge is 2.18. The molecule has 5 rings (SSSR count). The maximum absolute atomic E-state index is 14.8. The van der Waals surface area contributed by atoms with E-state index in [1.165, 1.54) is 0 Å². The lowest BCUT2D eigenvalue weighted by atomic mass is 10.1. The Morgan fingerprint density at radius 3 is 2.60 bits per heavy atom. The van der Waals surface area contributed by atoms with Crippen LogP contribution in [0, 0.1) is 17.1 Å². The molecule has 0 spiro atoms. The highest BCUT2D eigenvalue weighted by atomic mass is 19.1. The van der Waals surface area contributed by atoms with Crippen molar-refractivity contribution in [1.29, 1.82) is 5.26 Å². The van der Waals surface area contributed by atoms with Gasteiger partial charge in [-0.25, -0.2) is 14.4 Å². The van der Waals surface area contributed by atoms with E-state index in [4.69, 9.17) is 14.2 Å². The number of ether oxygens (including phenoxy) is 3. The van der Waals surface area contributed by atoms with Crippen LogP contribution in [0.2, 0.25) is 0 Å². The molecule has 0 N–H and O–H groups in total. The van der Waals surface area contributed by atoms with Gasteiger partial charge in [0.25, 0.3) is 0 Å². The third kappa shape index (κ3) is 5.59. The number of rotatable bonds is 6. The molecule has 35 heavy (non-hydrogen) atoms. The molecule has 3 aromatic rings. The topological polar surface area (TPSA) is 80.5 Å². The van der Waals surface area contributed by atoms with Gasteiger partial charge in [0, 0.05) is 44.1 Å². The van der Waals surface area contributed by atoms with Crippen LogP contribution in [0.25, 0.3) is 11.3 Å². The molecule has 0 atom stereocenters. The number of nitriles is 1. The second kappa shape index (κ2) is 10.8. The van der Waals surface area contributed by atoms with E-state index in [2.05, 4.69) is 16.0 Å². The van der Waals surface area contributed by atoms with Crippen molar-refractivity contribution in [3.8, 4) is 23.1 Å². The number of hydrogen-bond acceptors (Lipinski definition) is 7. The fourth-order valence-electron chi connectivity index (χ4n) is 4.40. The van der Waals surface area contributed by atoms with Crippen molar-refractivity contribution in [3.63, 3.8) is 0 Å². The molecule has 0 saturated carbocycles. The van der Waals surface area contributed by atoms with Gasteiger partial charge >= 0.3 is 0 Å². The van der Waals surface area contributed by atoms with Crippen molar-refractivity contribution in [1.82, 2.24) is 9.97 Å². The molecule has 0 radical (unpaired) electrons. The van der Waals surface area contributed by atoms with Gasteiger partial charge in [-0.05, 0) is 42.0 Å². The van der Waals surface area contributed by atoms with Crippen LogP contribution in [0.15, 0.2) is 48.7 Å². The van der Waals surface area contributed by atoms with Crippen molar-refractivity contribution in [3.05, 3.63) is 71.4 Å². The van der Waals surface area contributed by atoms with E-state index in [1.54, 1.807) is 24.4 Å². The lowest BCUT2D eigenvalue weighted by molar-refractivity contribution is 0.0254. The summed E-state index contributed by atoms with van der Waals surface area (Å²) in [6.07, 6.45) is 3.78. The minimum absolute atomic E-state index is 0.0578. The number of anilines is 1. The van der Waals surface area contributed by atoms with Gasteiger partial charge in [-0.15, -0.1) is 0 Å². The lowest BCUT2D eigenvalue weighted by Gasteiger charge is -2.29. The Morgan fingerprint density at radius 2 is 1.83 bits per heavy atom. The summed E-state index contributed by atoms with van der Waals surface area (Å²) < 4.78 is 31.6. The molecular formula is C27H27FN4O3. The van der Waals surface area contributed by atoms with Crippen LogP contribution in [0.1, 0.15) is 29.8 Å². The van der Waals surface area contributed by atoms with Gasteiger partial charge in [-0.1, -0.05) is 6.07 Å². The Kier molecular flexibility index (Phi) is 7.17. The molecule has 0 amide bonds. The second-order valence-corrected chi connectivity index (χ2v) is 8.67. The molecule has 8 heteroatoms. The Labute approximate surface area is 204 Å². The molecule has 0 aliphatic carbocycles. The van der Waals surface area contributed by atoms with Gasteiger partial charge in [0.05, 0.1) is 43.4 Å². The predicted octanol–water partition coefficient (Wildman–Crippen LogP) is 4.14. The maximum atomic E-state index is 14.8. The average Bonchev–Trinajstić information content (AvgIpc) is 2.90. The van der Waals surface area contributed by atoms with Crippen LogP contribution in [0.4, 0.5) is 10.1 Å². The van der Waals surface area contributed by atoms with Crippen molar-refractivity contribution in [2.75, 3.05) is 44.4 Å². The normalized spacial score (nSPS) is 16.6. The maximum Gasteiger partial charge on any atom is 0.146 e. The molecule has 1 aromatic heterocycles. The number of hydrogen-bond donors (Lipinski definition) is 0. The molecule has 7 nitrogen and oxygen atoms in total. The van der Waals surface area contributed by atoms with E-state index < -0.39 is 0 Å². The standard InChI is InChI=1S/C27H27FN4O3/c28-23-15-19(1-3-25(23)32-9-13-34-14-10-32)16-27-30-8-5-24(31-27)20-2-4-26(21(17-20)18-29)35-22-6-11-33-12-7-22/h1-5,8,15,17,22H,6-7,9-14,16H2. The predicted molar refractivity (Wildman–Crippen MR) is 129 cm³/mol. The SMILES string of the molecule is N#Cc1cc(-c2ccnc(Cc3ccc(N4CCOCC4)c(F)c3)n2)ccc1OC1CCOCC1. The van der Waals surface area contributed by atoms with Gasteiger partial charge in [0.2, 0.25) is 0 Å². The van der Waals surface area contributed by atoms with Crippen LogP contribution in [0.5, 0.6) is 5.75 Å². The molecule has 2 saturated heterocycles. The smallest absolute Gasteiger partial charge is 0.146 e. The summed E-state index contributed by atoms with van der Waals surface area (Å²) in [5.41, 5.74) is 3.37. The Balaban J connectivity index is 1.31. The van der Waals surface area contributed by atoms with Crippen molar-refractivity contribution in [2.45, 2.75) is 25.4 Å². The minimum atomic E-state index is -0.251. The minimum Gasteiger partial charge on any atom is -0.489 e. The number of nitrogens with zero attached hydrogens (tertiary/aromatic N) is 4. The fourth-order valence-corrected chi connectivity index (χ4v) is 4.40. The van der Waals surface area contributed by atoms with E-state index >= 15 is 0 Å². The zero-order valence-corrected chi connectivity index (χ0v) is 19.5. The number of aromatic nitrogens is 2. The summed E-state index contributed by atoms with van der Waals surface area (Å²) in [5.74, 6) is 0.912. The molecule has 2 aliphatic heterocycles. The zero-order valence-electron chi connectivity index (χ0n) is 19.5. The van der Waals surface area contributed by atoms with Crippen LogP contribution >= 0.6 is 0 Å². The highest BCUT2D eigenvalue weighted by molar-refractivity contribution is 5.64. The monoisotopic (exact) mass is 474 g/mol. The quantitative estimate of drug-likeness (QED) is 0.531. The fraction of sp³-hybridized carbons (Fsp3) is 0.370. The first-order chi connectivity index (χ1) is 17.2. The molecule has 2 fully saturated rings. The largest absolute Gasteiger partial charge is 0.489 e. The zero-order chi connectivity index (χ0) is 24.0. The van der Waals surface area contributed by atoms with Gasteiger partial charge in [0.15, 0.2) is 0 Å². The summed E-state index contributed by atoms with van der Waals surface area (Å²) in [7, 11) is 0.